The Hall–Kier alpha value is -3.88. The van der Waals surface area contributed by atoms with Crippen molar-refractivity contribution in [2.75, 3.05) is 26.8 Å². The van der Waals surface area contributed by atoms with Crippen LogP contribution in [0.15, 0.2) is 53.1 Å². The first-order valence-electron chi connectivity index (χ1n) is 9.27. The molecule has 0 spiro atoms. The molecule has 1 heterocycles. The van der Waals surface area contributed by atoms with Crippen LogP contribution in [0.25, 0.3) is 11.4 Å². The molecule has 30 heavy (non-hydrogen) atoms. The predicted octanol–water partition coefficient (Wildman–Crippen LogP) is 1.98. The van der Waals surface area contributed by atoms with Gasteiger partial charge in [-0.05, 0) is 43.3 Å². The molecule has 0 unspecified atom stereocenters. The number of rotatable bonds is 9. The first kappa shape index (κ1) is 20.8. The van der Waals surface area contributed by atoms with E-state index in [1.54, 1.807) is 43.5 Å². The molecule has 1 aromatic heterocycles. The average Bonchev–Trinajstić information content (AvgIpc) is 3.27. The van der Waals surface area contributed by atoms with Gasteiger partial charge >= 0.3 is 11.8 Å². The first-order chi connectivity index (χ1) is 14.5. The monoisotopic (exact) mass is 410 g/mol. The lowest BCUT2D eigenvalue weighted by Crippen LogP contribution is -2.36. The van der Waals surface area contributed by atoms with Gasteiger partial charge in [0.05, 0.1) is 7.11 Å². The zero-order chi connectivity index (χ0) is 21.3. The van der Waals surface area contributed by atoms with Crippen molar-refractivity contribution >= 4 is 11.8 Å². The van der Waals surface area contributed by atoms with E-state index in [9.17, 15) is 9.59 Å². The van der Waals surface area contributed by atoms with Crippen LogP contribution in [-0.2, 0) is 4.79 Å². The van der Waals surface area contributed by atoms with E-state index in [1.807, 2.05) is 19.1 Å². The highest BCUT2D eigenvalue weighted by atomic mass is 16.5. The zero-order valence-corrected chi connectivity index (χ0v) is 16.7. The van der Waals surface area contributed by atoms with Crippen LogP contribution in [0.3, 0.4) is 0 Å². The van der Waals surface area contributed by atoms with Crippen LogP contribution >= 0.6 is 0 Å². The van der Waals surface area contributed by atoms with Crippen molar-refractivity contribution in [3.63, 3.8) is 0 Å². The number of aromatic nitrogens is 2. The topological polar surface area (TPSA) is 116 Å². The van der Waals surface area contributed by atoms with Gasteiger partial charge in [0.1, 0.15) is 11.5 Å². The summed E-state index contributed by atoms with van der Waals surface area (Å²) in [5.74, 6) is 0.649. The summed E-state index contributed by atoms with van der Waals surface area (Å²) in [4.78, 5) is 28.0. The third kappa shape index (κ3) is 5.81. The quantitative estimate of drug-likeness (QED) is 0.518. The number of carbonyl (C=O) groups excluding carboxylic acids is 2. The molecule has 0 saturated heterocycles. The van der Waals surface area contributed by atoms with Crippen LogP contribution in [0.1, 0.15) is 16.2 Å². The number of aryl methyl sites for hydroxylation is 1. The van der Waals surface area contributed by atoms with E-state index in [4.69, 9.17) is 14.0 Å². The summed E-state index contributed by atoms with van der Waals surface area (Å²) < 4.78 is 15.5. The van der Waals surface area contributed by atoms with Crippen LogP contribution in [-0.4, -0.2) is 48.8 Å². The standard InChI is InChI=1S/C21H22N4O5/c1-14-3-7-17(8-4-14)29-13-18(26)22-11-12-23-20(27)21-24-19(25-30-21)15-5-9-16(28-2)10-6-15/h3-10H,11-13H2,1-2H3,(H,22,26)(H,23,27). The van der Waals surface area contributed by atoms with Gasteiger partial charge in [0.25, 0.3) is 5.91 Å². The van der Waals surface area contributed by atoms with Gasteiger partial charge in [-0.2, -0.15) is 4.98 Å². The number of carbonyl (C=O) groups is 2. The molecule has 0 aliphatic heterocycles. The highest BCUT2D eigenvalue weighted by molar-refractivity contribution is 5.89. The molecule has 0 bridgehead atoms. The molecule has 3 rings (SSSR count). The van der Waals surface area contributed by atoms with Gasteiger partial charge in [0.15, 0.2) is 6.61 Å². The maximum atomic E-state index is 12.1. The van der Waals surface area contributed by atoms with E-state index in [0.717, 1.165) is 5.56 Å². The number of hydrogen-bond donors (Lipinski definition) is 2. The molecule has 0 saturated carbocycles. The summed E-state index contributed by atoms with van der Waals surface area (Å²) >= 11 is 0. The summed E-state index contributed by atoms with van der Waals surface area (Å²) in [7, 11) is 1.57. The number of methoxy groups -OCH3 is 1. The molecule has 9 heteroatoms. The fraction of sp³-hybridized carbons (Fsp3) is 0.238. The van der Waals surface area contributed by atoms with E-state index in [2.05, 4.69) is 20.8 Å². The average molecular weight is 410 g/mol. The Kier molecular flexibility index (Phi) is 6.99. The maximum absolute atomic E-state index is 12.1. The maximum Gasteiger partial charge on any atom is 0.316 e. The highest BCUT2D eigenvalue weighted by Crippen LogP contribution is 2.19. The SMILES string of the molecule is COc1ccc(-c2noc(C(=O)NCCNC(=O)COc3ccc(C)cc3)n2)cc1. The van der Waals surface area contributed by atoms with E-state index in [1.165, 1.54) is 0 Å². The van der Waals surface area contributed by atoms with E-state index in [-0.39, 0.29) is 31.5 Å². The summed E-state index contributed by atoms with van der Waals surface area (Å²) in [6.07, 6.45) is 0. The lowest BCUT2D eigenvalue weighted by molar-refractivity contribution is -0.123. The molecular weight excluding hydrogens is 388 g/mol. The summed E-state index contributed by atoms with van der Waals surface area (Å²) in [6, 6.07) is 14.5. The van der Waals surface area contributed by atoms with Gasteiger partial charge in [-0.3, -0.25) is 9.59 Å². The number of benzene rings is 2. The van der Waals surface area contributed by atoms with Crippen molar-refractivity contribution in [1.82, 2.24) is 20.8 Å². The molecule has 2 amide bonds. The minimum Gasteiger partial charge on any atom is -0.497 e. The van der Waals surface area contributed by atoms with Crippen molar-refractivity contribution < 1.29 is 23.6 Å². The first-order valence-corrected chi connectivity index (χ1v) is 9.27. The lowest BCUT2D eigenvalue weighted by Gasteiger charge is -2.08. The number of nitrogens with zero attached hydrogens (tertiary/aromatic N) is 2. The smallest absolute Gasteiger partial charge is 0.316 e. The Morgan fingerprint density at radius 1 is 0.967 bits per heavy atom. The summed E-state index contributed by atoms with van der Waals surface area (Å²) in [6.45, 7) is 2.31. The van der Waals surface area contributed by atoms with E-state index >= 15 is 0 Å². The molecule has 2 N–H and O–H groups in total. The second-order valence-corrected chi connectivity index (χ2v) is 6.36. The number of amides is 2. The minimum atomic E-state index is -0.521. The minimum absolute atomic E-state index is 0.105. The summed E-state index contributed by atoms with van der Waals surface area (Å²) in [5, 5.41) is 9.07. The van der Waals surface area contributed by atoms with Crippen molar-refractivity contribution in [2.24, 2.45) is 0 Å². The molecule has 3 aromatic rings. The van der Waals surface area contributed by atoms with Gasteiger partial charge in [0.2, 0.25) is 5.82 Å². The van der Waals surface area contributed by atoms with Crippen molar-refractivity contribution in [3.05, 3.63) is 60.0 Å². The number of ether oxygens (including phenoxy) is 2. The van der Waals surface area contributed by atoms with Crippen molar-refractivity contribution in [1.29, 1.82) is 0 Å². The van der Waals surface area contributed by atoms with Crippen LogP contribution in [0, 0.1) is 6.92 Å². The Balaban J connectivity index is 1.38. The van der Waals surface area contributed by atoms with Crippen molar-refractivity contribution in [2.45, 2.75) is 6.92 Å². The molecule has 2 aromatic carbocycles. The molecule has 0 aliphatic rings. The highest BCUT2D eigenvalue weighted by Gasteiger charge is 2.15. The second kappa shape index (κ2) is 10.1. The predicted molar refractivity (Wildman–Crippen MR) is 108 cm³/mol. The van der Waals surface area contributed by atoms with Crippen LogP contribution in [0.2, 0.25) is 0 Å². The zero-order valence-electron chi connectivity index (χ0n) is 16.7. The van der Waals surface area contributed by atoms with Crippen LogP contribution in [0.4, 0.5) is 0 Å². The number of nitrogens with one attached hydrogen (secondary N) is 2. The molecule has 0 aliphatic carbocycles. The molecule has 9 nitrogen and oxygen atoms in total. The van der Waals surface area contributed by atoms with Gasteiger partial charge < -0.3 is 24.6 Å². The summed E-state index contributed by atoms with van der Waals surface area (Å²) in [5.41, 5.74) is 1.80. The second-order valence-electron chi connectivity index (χ2n) is 6.36. The number of hydrogen-bond acceptors (Lipinski definition) is 7. The Labute approximate surface area is 173 Å². The molecule has 156 valence electrons. The van der Waals surface area contributed by atoms with Gasteiger partial charge in [0, 0.05) is 18.7 Å². The largest absolute Gasteiger partial charge is 0.497 e. The van der Waals surface area contributed by atoms with E-state index < -0.39 is 5.91 Å². The molecule has 0 atom stereocenters. The fourth-order valence-corrected chi connectivity index (χ4v) is 2.46. The molecule has 0 radical (unpaired) electrons. The third-order valence-corrected chi connectivity index (χ3v) is 4.09. The van der Waals surface area contributed by atoms with Gasteiger partial charge in [-0.15, -0.1) is 0 Å². The van der Waals surface area contributed by atoms with Crippen molar-refractivity contribution in [3.8, 4) is 22.9 Å². The van der Waals surface area contributed by atoms with E-state index in [0.29, 0.717) is 22.9 Å². The van der Waals surface area contributed by atoms with Gasteiger partial charge in [-0.1, -0.05) is 22.9 Å². The molecule has 0 fully saturated rings. The Morgan fingerprint density at radius 2 is 1.63 bits per heavy atom. The van der Waals surface area contributed by atoms with Gasteiger partial charge in [-0.25, -0.2) is 0 Å². The fourth-order valence-electron chi connectivity index (χ4n) is 2.46. The Morgan fingerprint density at radius 3 is 2.33 bits per heavy atom. The lowest BCUT2D eigenvalue weighted by atomic mass is 10.2. The Bertz CT molecular complexity index is 983. The van der Waals surface area contributed by atoms with Crippen LogP contribution < -0.4 is 20.1 Å². The van der Waals surface area contributed by atoms with Crippen LogP contribution in [0.5, 0.6) is 11.5 Å². The molecular formula is C21H22N4O5. The normalized spacial score (nSPS) is 10.3. The third-order valence-electron chi connectivity index (χ3n) is 4.09.